The summed E-state index contributed by atoms with van der Waals surface area (Å²) in [6.45, 7) is 3.35. The molecule has 0 saturated heterocycles. The van der Waals surface area contributed by atoms with Crippen LogP contribution in [0.15, 0.2) is 12.3 Å². The molecule has 2 heterocycles. The number of carbonyl (C=O) groups excluding carboxylic acids is 1. The van der Waals surface area contributed by atoms with Crippen LogP contribution >= 0.6 is 11.6 Å². The minimum absolute atomic E-state index is 0.0120. The third kappa shape index (κ3) is 1.30. The van der Waals surface area contributed by atoms with Crippen LogP contribution in [0.5, 0.6) is 0 Å². The second kappa shape index (κ2) is 3.10. The van der Waals surface area contributed by atoms with Gasteiger partial charge >= 0.3 is 0 Å². The molecule has 0 amide bonds. The van der Waals surface area contributed by atoms with Crippen LogP contribution < -0.4 is 0 Å². The molecule has 2 aromatic rings. The Morgan fingerprint density at radius 3 is 2.93 bits per heavy atom. The maximum atomic E-state index is 11.2. The van der Waals surface area contributed by atoms with Gasteiger partial charge in [-0.25, -0.2) is 4.98 Å². The number of aryl methyl sites for hydroxylation is 1. The molecule has 14 heavy (non-hydrogen) atoms. The number of carbonyl (C=O) groups is 1. The first-order valence-corrected chi connectivity index (χ1v) is 4.62. The van der Waals surface area contributed by atoms with Gasteiger partial charge in [-0.3, -0.25) is 4.79 Å². The van der Waals surface area contributed by atoms with E-state index in [2.05, 4.69) is 9.97 Å². The van der Waals surface area contributed by atoms with Crippen molar-refractivity contribution in [2.75, 3.05) is 0 Å². The number of nitrogens with one attached hydrogen (secondary N) is 1. The van der Waals surface area contributed by atoms with Gasteiger partial charge in [-0.2, -0.15) is 0 Å². The van der Waals surface area contributed by atoms with Crippen LogP contribution in [-0.4, -0.2) is 15.8 Å². The number of nitrogens with zero attached hydrogens (tertiary/aromatic N) is 1. The third-order valence-corrected chi connectivity index (χ3v) is 2.56. The molecule has 0 aliphatic carbocycles. The summed E-state index contributed by atoms with van der Waals surface area (Å²) in [6.07, 6.45) is 1.66. The molecule has 1 N–H and O–H groups in total. The van der Waals surface area contributed by atoms with E-state index < -0.39 is 0 Å². The van der Waals surface area contributed by atoms with E-state index in [1.807, 2.05) is 6.92 Å². The molecule has 0 saturated carbocycles. The Bertz CT molecular complexity index is 516. The summed E-state index contributed by atoms with van der Waals surface area (Å²) in [4.78, 5) is 18.4. The van der Waals surface area contributed by atoms with Crippen molar-refractivity contribution in [3.05, 3.63) is 28.5 Å². The SMILES string of the molecule is CC(=O)c1c[nH]c2nc(C)c(Cl)cc12. The zero-order valence-electron chi connectivity index (χ0n) is 7.89. The second-order valence-corrected chi connectivity index (χ2v) is 3.62. The maximum Gasteiger partial charge on any atom is 0.162 e. The molecule has 0 unspecified atom stereocenters. The van der Waals surface area contributed by atoms with Crippen molar-refractivity contribution < 1.29 is 4.79 Å². The monoisotopic (exact) mass is 208 g/mol. The molecule has 0 atom stereocenters. The molecule has 0 bridgehead atoms. The smallest absolute Gasteiger partial charge is 0.162 e. The Balaban J connectivity index is 2.80. The largest absolute Gasteiger partial charge is 0.345 e. The number of hydrogen-bond donors (Lipinski definition) is 1. The molecule has 0 aliphatic heterocycles. The Morgan fingerprint density at radius 1 is 1.57 bits per heavy atom. The van der Waals surface area contributed by atoms with Crippen molar-refractivity contribution in [3.8, 4) is 0 Å². The first-order valence-electron chi connectivity index (χ1n) is 4.25. The number of pyridine rings is 1. The van der Waals surface area contributed by atoms with Crippen LogP contribution in [0, 0.1) is 6.92 Å². The number of ketones is 1. The molecule has 4 heteroatoms. The van der Waals surface area contributed by atoms with E-state index in [0.717, 1.165) is 11.1 Å². The molecule has 3 nitrogen and oxygen atoms in total. The summed E-state index contributed by atoms with van der Waals surface area (Å²) in [7, 11) is 0. The molecule has 2 rings (SSSR count). The lowest BCUT2D eigenvalue weighted by Gasteiger charge is -1.97. The van der Waals surface area contributed by atoms with Crippen molar-refractivity contribution in [2.24, 2.45) is 0 Å². The van der Waals surface area contributed by atoms with E-state index >= 15 is 0 Å². The lowest BCUT2D eigenvalue weighted by atomic mass is 10.1. The van der Waals surface area contributed by atoms with Gasteiger partial charge in [0.15, 0.2) is 5.78 Å². The molecule has 0 spiro atoms. The fraction of sp³-hybridized carbons (Fsp3) is 0.200. The molecule has 72 valence electrons. The standard InChI is InChI=1S/C10H9ClN2O/c1-5-9(11)3-7-8(6(2)14)4-12-10(7)13-5/h3-4H,1-2H3,(H,12,13). The molecule has 0 aromatic carbocycles. The predicted molar refractivity (Wildman–Crippen MR) is 55.8 cm³/mol. The van der Waals surface area contributed by atoms with Crippen molar-refractivity contribution in [1.82, 2.24) is 9.97 Å². The van der Waals surface area contributed by atoms with Gasteiger partial charge in [0, 0.05) is 17.1 Å². The van der Waals surface area contributed by atoms with Crippen molar-refractivity contribution >= 4 is 28.4 Å². The topological polar surface area (TPSA) is 45.8 Å². The quantitative estimate of drug-likeness (QED) is 0.733. The molecule has 0 radical (unpaired) electrons. The van der Waals surface area contributed by atoms with Crippen molar-refractivity contribution in [2.45, 2.75) is 13.8 Å². The molecule has 2 aromatic heterocycles. The van der Waals surface area contributed by atoms with E-state index in [1.54, 1.807) is 12.3 Å². The maximum absolute atomic E-state index is 11.2. The van der Waals surface area contributed by atoms with Crippen LogP contribution in [0.1, 0.15) is 23.0 Å². The summed E-state index contributed by atoms with van der Waals surface area (Å²) in [5.41, 5.74) is 2.10. The van der Waals surface area contributed by atoms with Gasteiger partial charge in [-0.05, 0) is 19.9 Å². The number of halogens is 1. The average molecular weight is 209 g/mol. The highest BCUT2D eigenvalue weighted by molar-refractivity contribution is 6.32. The Labute approximate surface area is 86.1 Å². The lowest BCUT2D eigenvalue weighted by Crippen LogP contribution is -1.90. The molecule has 0 aliphatic rings. The van der Waals surface area contributed by atoms with Crippen LogP contribution in [0.25, 0.3) is 11.0 Å². The van der Waals surface area contributed by atoms with E-state index in [9.17, 15) is 4.79 Å². The minimum atomic E-state index is 0.0120. The lowest BCUT2D eigenvalue weighted by molar-refractivity contribution is 0.101. The number of rotatable bonds is 1. The first-order chi connectivity index (χ1) is 6.59. The van der Waals surface area contributed by atoms with E-state index in [4.69, 9.17) is 11.6 Å². The number of aromatic amines is 1. The normalized spacial score (nSPS) is 10.8. The van der Waals surface area contributed by atoms with Gasteiger partial charge in [0.25, 0.3) is 0 Å². The van der Waals surface area contributed by atoms with Gasteiger partial charge < -0.3 is 4.98 Å². The molecular weight excluding hydrogens is 200 g/mol. The van der Waals surface area contributed by atoms with Crippen LogP contribution in [0.4, 0.5) is 0 Å². The zero-order chi connectivity index (χ0) is 10.3. The fourth-order valence-electron chi connectivity index (χ4n) is 1.41. The highest BCUT2D eigenvalue weighted by Gasteiger charge is 2.10. The number of hydrogen-bond acceptors (Lipinski definition) is 2. The fourth-order valence-corrected chi connectivity index (χ4v) is 1.56. The Kier molecular flexibility index (Phi) is 2.04. The number of aromatic nitrogens is 2. The number of Topliss-reactive ketones (excluding diaryl/α,β-unsaturated/α-hetero) is 1. The summed E-state index contributed by atoms with van der Waals surface area (Å²) in [5.74, 6) is 0.0120. The molecular formula is C10H9ClN2O. The summed E-state index contributed by atoms with van der Waals surface area (Å²) < 4.78 is 0. The second-order valence-electron chi connectivity index (χ2n) is 3.21. The van der Waals surface area contributed by atoms with Crippen molar-refractivity contribution in [3.63, 3.8) is 0 Å². The zero-order valence-corrected chi connectivity index (χ0v) is 8.64. The Morgan fingerprint density at radius 2 is 2.29 bits per heavy atom. The predicted octanol–water partition coefficient (Wildman–Crippen LogP) is 2.73. The third-order valence-electron chi connectivity index (χ3n) is 2.17. The summed E-state index contributed by atoms with van der Waals surface area (Å²) >= 11 is 5.93. The number of fused-ring (bicyclic) bond motifs is 1. The molecule has 0 fully saturated rings. The van der Waals surface area contributed by atoms with Gasteiger partial charge in [-0.15, -0.1) is 0 Å². The Hall–Kier alpha value is -1.35. The van der Waals surface area contributed by atoms with Crippen molar-refractivity contribution in [1.29, 1.82) is 0 Å². The van der Waals surface area contributed by atoms with Crippen LogP contribution in [-0.2, 0) is 0 Å². The van der Waals surface area contributed by atoms with Gasteiger partial charge in [-0.1, -0.05) is 11.6 Å². The minimum Gasteiger partial charge on any atom is -0.345 e. The average Bonchev–Trinajstić information content (AvgIpc) is 2.48. The van der Waals surface area contributed by atoms with Crippen LogP contribution in [0.3, 0.4) is 0 Å². The van der Waals surface area contributed by atoms with Gasteiger partial charge in [0.05, 0.1) is 10.7 Å². The van der Waals surface area contributed by atoms with Gasteiger partial charge in [0.1, 0.15) is 5.65 Å². The van der Waals surface area contributed by atoms with Gasteiger partial charge in [0.2, 0.25) is 0 Å². The highest BCUT2D eigenvalue weighted by atomic mass is 35.5. The first kappa shape index (κ1) is 9.21. The number of H-pyrrole nitrogens is 1. The van der Waals surface area contributed by atoms with E-state index in [-0.39, 0.29) is 5.78 Å². The van der Waals surface area contributed by atoms with E-state index in [1.165, 1.54) is 6.92 Å². The highest BCUT2D eigenvalue weighted by Crippen LogP contribution is 2.23. The summed E-state index contributed by atoms with van der Waals surface area (Å²) in [5, 5.41) is 1.37. The van der Waals surface area contributed by atoms with E-state index in [0.29, 0.717) is 16.2 Å². The van der Waals surface area contributed by atoms with Crippen LogP contribution in [0.2, 0.25) is 5.02 Å². The summed E-state index contributed by atoms with van der Waals surface area (Å²) in [6, 6.07) is 1.77.